The summed E-state index contributed by atoms with van der Waals surface area (Å²) in [6.07, 6.45) is 1.99. The smallest absolute Gasteiger partial charge is 0.273 e. The van der Waals surface area contributed by atoms with Crippen LogP contribution in [0.25, 0.3) is 0 Å². The number of rotatable bonds is 4. The standard InChI is InChI=1S/C17H23N5OS/c1-4-5-15-20-14(11-24-15)16(23)21-6-8-22(9-7-21)17-18-12(2)10-13(3)19-17/h10-11H,4-9H2,1-3H3. The van der Waals surface area contributed by atoms with Gasteiger partial charge in [-0.3, -0.25) is 4.79 Å². The number of amides is 1. The minimum atomic E-state index is 0.0367. The Morgan fingerprint density at radius 2 is 1.79 bits per heavy atom. The lowest BCUT2D eigenvalue weighted by Crippen LogP contribution is -2.49. The van der Waals surface area contributed by atoms with Crippen LogP contribution in [0.15, 0.2) is 11.4 Å². The van der Waals surface area contributed by atoms with Crippen molar-refractivity contribution in [1.29, 1.82) is 0 Å². The van der Waals surface area contributed by atoms with E-state index in [1.807, 2.05) is 30.2 Å². The maximum Gasteiger partial charge on any atom is 0.273 e. The molecule has 0 spiro atoms. The summed E-state index contributed by atoms with van der Waals surface area (Å²) < 4.78 is 0. The molecule has 0 aromatic carbocycles. The van der Waals surface area contributed by atoms with Crippen LogP contribution < -0.4 is 4.90 Å². The van der Waals surface area contributed by atoms with Crippen LogP contribution in [0.5, 0.6) is 0 Å². The van der Waals surface area contributed by atoms with Crippen LogP contribution in [0.1, 0.15) is 40.2 Å². The van der Waals surface area contributed by atoms with Gasteiger partial charge in [-0.25, -0.2) is 15.0 Å². The molecule has 128 valence electrons. The highest BCUT2D eigenvalue weighted by Gasteiger charge is 2.25. The van der Waals surface area contributed by atoms with Crippen LogP contribution >= 0.6 is 11.3 Å². The largest absolute Gasteiger partial charge is 0.337 e. The van der Waals surface area contributed by atoms with E-state index in [-0.39, 0.29) is 5.91 Å². The van der Waals surface area contributed by atoms with Crippen molar-refractivity contribution in [3.05, 3.63) is 33.5 Å². The molecule has 0 radical (unpaired) electrons. The molecule has 0 unspecified atom stereocenters. The van der Waals surface area contributed by atoms with E-state index in [2.05, 4.69) is 26.8 Å². The Morgan fingerprint density at radius 1 is 1.12 bits per heavy atom. The van der Waals surface area contributed by atoms with Gasteiger partial charge in [0.15, 0.2) is 0 Å². The third-order valence-electron chi connectivity index (χ3n) is 4.05. The van der Waals surface area contributed by atoms with Crippen LogP contribution in [0, 0.1) is 13.8 Å². The van der Waals surface area contributed by atoms with E-state index in [0.29, 0.717) is 18.8 Å². The van der Waals surface area contributed by atoms with Crippen molar-refractivity contribution in [1.82, 2.24) is 19.9 Å². The number of aromatic nitrogens is 3. The Bertz CT molecular complexity index is 701. The van der Waals surface area contributed by atoms with Gasteiger partial charge in [0.1, 0.15) is 5.69 Å². The van der Waals surface area contributed by atoms with Crippen LogP contribution in [0.3, 0.4) is 0 Å². The number of anilines is 1. The summed E-state index contributed by atoms with van der Waals surface area (Å²) >= 11 is 1.58. The zero-order valence-electron chi connectivity index (χ0n) is 14.4. The summed E-state index contributed by atoms with van der Waals surface area (Å²) in [6.45, 7) is 8.94. The molecule has 1 fully saturated rings. The van der Waals surface area contributed by atoms with Crippen LogP contribution in [0.4, 0.5) is 5.95 Å². The molecule has 0 bridgehead atoms. The quantitative estimate of drug-likeness (QED) is 0.852. The first kappa shape index (κ1) is 16.8. The lowest BCUT2D eigenvalue weighted by molar-refractivity contribution is 0.0741. The van der Waals surface area contributed by atoms with Gasteiger partial charge in [-0.15, -0.1) is 11.3 Å². The number of hydrogen-bond acceptors (Lipinski definition) is 6. The van der Waals surface area contributed by atoms with E-state index >= 15 is 0 Å². The molecule has 1 aliphatic heterocycles. The zero-order chi connectivity index (χ0) is 17.1. The lowest BCUT2D eigenvalue weighted by Gasteiger charge is -2.34. The Hall–Kier alpha value is -2.02. The molecule has 2 aromatic rings. The zero-order valence-corrected chi connectivity index (χ0v) is 15.3. The number of carbonyl (C=O) groups is 1. The second-order valence-corrected chi connectivity index (χ2v) is 7.05. The van der Waals surface area contributed by atoms with Crippen molar-refractivity contribution < 1.29 is 4.79 Å². The summed E-state index contributed by atoms with van der Waals surface area (Å²) in [5, 5.41) is 2.93. The summed E-state index contributed by atoms with van der Waals surface area (Å²) in [5.74, 6) is 0.799. The highest BCUT2D eigenvalue weighted by molar-refractivity contribution is 7.09. The first-order valence-corrected chi connectivity index (χ1v) is 9.25. The van der Waals surface area contributed by atoms with Crippen LogP contribution in [0.2, 0.25) is 0 Å². The van der Waals surface area contributed by atoms with Gasteiger partial charge in [-0.05, 0) is 32.8 Å². The molecule has 6 nitrogen and oxygen atoms in total. The fourth-order valence-corrected chi connectivity index (χ4v) is 3.73. The first-order chi connectivity index (χ1) is 11.6. The number of hydrogen-bond donors (Lipinski definition) is 0. The molecule has 0 N–H and O–H groups in total. The Labute approximate surface area is 146 Å². The highest BCUT2D eigenvalue weighted by atomic mass is 32.1. The normalized spacial score (nSPS) is 15.0. The summed E-state index contributed by atoms with van der Waals surface area (Å²) in [5.41, 5.74) is 2.53. The molecular weight excluding hydrogens is 322 g/mol. The summed E-state index contributed by atoms with van der Waals surface area (Å²) in [4.78, 5) is 30.1. The molecule has 2 aromatic heterocycles. The monoisotopic (exact) mass is 345 g/mol. The fourth-order valence-electron chi connectivity index (χ4n) is 2.86. The van der Waals surface area contributed by atoms with Gasteiger partial charge in [0, 0.05) is 42.9 Å². The van der Waals surface area contributed by atoms with Crippen molar-refractivity contribution in [3.63, 3.8) is 0 Å². The van der Waals surface area contributed by atoms with Gasteiger partial charge in [0.2, 0.25) is 5.95 Å². The van der Waals surface area contributed by atoms with Crippen LogP contribution in [-0.2, 0) is 6.42 Å². The van der Waals surface area contributed by atoms with E-state index in [9.17, 15) is 4.79 Å². The molecule has 3 rings (SSSR count). The van der Waals surface area contributed by atoms with Crippen molar-refractivity contribution in [3.8, 4) is 0 Å². The minimum Gasteiger partial charge on any atom is -0.337 e. The van der Waals surface area contributed by atoms with Crippen molar-refractivity contribution in [2.75, 3.05) is 31.1 Å². The van der Waals surface area contributed by atoms with E-state index in [1.54, 1.807) is 11.3 Å². The topological polar surface area (TPSA) is 62.2 Å². The lowest BCUT2D eigenvalue weighted by atomic mass is 10.3. The molecule has 1 amide bonds. The van der Waals surface area contributed by atoms with Gasteiger partial charge in [0.25, 0.3) is 5.91 Å². The van der Waals surface area contributed by atoms with Gasteiger partial charge >= 0.3 is 0 Å². The average molecular weight is 345 g/mol. The maximum atomic E-state index is 12.6. The predicted octanol–water partition coefficient (Wildman–Crippen LogP) is 2.46. The second kappa shape index (κ2) is 7.25. The van der Waals surface area contributed by atoms with E-state index in [4.69, 9.17) is 0 Å². The average Bonchev–Trinajstić information content (AvgIpc) is 3.02. The number of thiazole rings is 1. The molecule has 0 atom stereocenters. The minimum absolute atomic E-state index is 0.0367. The number of carbonyl (C=O) groups excluding carboxylic acids is 1. The summed E-state index contributed by atoms with van der Waals surface area (Å²) in [7, 11) is 0. The van der Waals surface area contributed by atoms with Crippen LogP contribution in [-0.4, -0.2) is 51.9 Å². The second-order valence-electron chi connectivity index (χ2n) is 6.11. The Balaban J connectivity index is 1.62. The number of aryl methyl sites for hydroxylation is 3. The number of piperazine rings is 1. The van der Waals surface area contributed by atoms with Crippen molar-refractivity contribution in [2.24, 2.45) is 0 Å². The SMILES string of the molecule is CCCc1nc(C(=O)N2CCN(c3nc(C)cc(C)n3)CC2)cs1. The molecule has 0 aliphatic carbocycles. The molecule has 24 heavy (non-hydrogen) atoms. The molecule has 7 heteroatoms. The molecular formula is C17H23N5OS. The third-order valence-corrected chi connectivity index (χ3v) is 4.96. The highest BCUT2D eigenvalue weighted by Crippen LogP contribution is 2.17. The maximum absolute atomic E-state index is 12.6. The number of nitrogens with zero attached hydrogens (tertiary/aromatic N) is 5. The van der Waals surface area contributed by atoms with Gasteiger partial charge in [-0.1, -0.05) is 6.92 Å². The van der Waals surface area contributed by atoms with E-state index in [1.165, 1.54) is 0 Å². The third kappa shape index (κ3) is 3.72. The first-order valence-electron chi connectivity index (χ1n) is 8.37. The van der Waals surface area contributed by atoms with Crippen molar-refractivity contribution >= 4 is 23.2 Å². The van der Waals surface area contributed by atoms with Gasteiger partial charge in [0.05, 0.1) is 5.01 Å². The van der Waals surface area contributed by atoms with E-state index in [0.717, 1.165) is 48.3 Å². The summed E-state index contributed by atoms with van der Waals surface area (Å²) in [6, 6.07) is 1.97. The molecule has 3 heterocycles. The van der Waals surface area contributed by atoms with Crippen molar-refractivity contribution in [2.45, 2.75) is 33.6 Å². The molecule has 0 saturated carbocycles. The Morgan fingerprint density at radius 3 is 2.42 bits per heavy atom. The Kier molecular flexibility index (Phi) is 5.08. The van der Waals surface area contributed by atoms with Gasteiger partial charge < -0.3 is 9.80 Å². The fraction of sp³-hybridized carbons (Fsp3) is 0.529. The molecule has 1 saturated heterocycles. The van der Waals surface area contributed by atoms with E-state index < -0.39 is 0 Å². The van der Waals surface area contributed by atoms with Gasteiger partial charge in [-0.2, -0.15) is 0 Å². The molecule has 1 aliphatic rings. The predicted molar refractivity (Wildman–Crippen MR) is 95.7 cm³/mol.